The summed E-state index contributed by atoms with van der Waals surface area (Å²) in [6.07, 6.45) is 2.87. The molecule has 6 nitrogen and oxygen atoms in total. The molecule has 2 aromatic heterocycles. The normalized spacial score (nSPS) is 23.2. The van der Waals surface area contributed by atoms with Gasteiger partial charge in [0.2, 0.25) is 0 Å². The maximum Gasteiger partial charge on any atom is 0.328 e. The molecule has 3 aromatic rings. The molecule has 5 rings (SSSR count). The van der Waals surface area contributed by atoms with Crippen molar-refractivity contribution in [2.45, 2.75) is 37.8 Å². The Kier molecular flexibility index (Phi) is 4.76. The van der Waals surface area contributed by atoms with Crippen molar-refractivity contribution < 1.29 is 4.74 Å². The van der Waals surface area contributed by atoms with E-state index in [0.717, 1.165) is 25.1 Å². The predicted octanol–water partition coefficient (Wildman–Crippen LogP) is 3.12. The van der Waals surface area contributed by atoms with Gasteiger partial charge in [-0.25, -0.2) is 4.79 Å². The van der Waals surface area contributed by atoms with Gasteiger partial charge in [-0.2, -0.15) is 0 Å². The van der Waals surface area contributed by atoms with Crippen molar-refractivity contribution in [3.8, 4) is 5.75 Å². The monoisotopic (exact) mass is 431 g/mol. The third-order valence-corrected chi connectivity index (χ3v) is 7.64. The number of ether oxygens (including phenoxy) is 1. The van der Waals surface area contributed by atoms with Gasteiger partial charge in [0.25, 0.3) is 5.56 Å². The number of aromatic amines is 1. The summed E-state index contributed by atoms with van der Waals surface area (Å²) in [5.41, 5.74) is 2.52. The lowest BCUT2D eigenvalue weighted by molar-refractivity contribution is 0.371. The Hall–Kier alpha value is -2.09. The van der Waals surface area contributed by atoms with E-state index >= 15 is 0 Å². The number of halogens is 1. The molecule has 1 aliphatic heterocycles. The fourth-order valence-electron chi connectivity index (χ4n) is 5.08. The van der Waals surface area contributed by atoms with Gasteiger partial charge in [-0.15, -0.1) is 11.3 Å². The molecule has 3 atom stereocenters. The highest BCUT2D eigenvalue weighted by atomic mass is 35.5. The zero-order chi connectivity index (χ0) is 20.1. The van der Waals surface area contributed by atoms with E-state index in [4.69, 9.17) is 16.3 Å². The van der Waals surface area contributed by atoms with Crippen LogP contribution < -0.4 is 21.3 Å². The van der Waals surface area contributed by atoms with Gasteiger partial charge in [-0.1, -0.05) is 23.7 Å². The van der Waals surface area contributed by atoms with Crippen molar-refractivity contribution in [3.63, 3.8) is 0 Å². The number of fused-ring (bicyclic) bond motifs is 4. The first-order valence-electron chi connectivity index (χ1n) is 9.88. The van der Waals surface area contributed by atoms with Gasteiger partial charge in [0.15, 0.2) is 0 Å². The second-order valence-corrected chi connectivity index (χ2v) is 9.52. The van der Waals surface area contributed by atoms with Gasteiger partial charge >= 0.3 is 5.69 Å². The zero-order valence-corrected chi connectivity index (χ0v) is 17.6. The molecule has 8 heteroatoms. The predicted molar refractivity (Wildman–Crippen MR) is 116 cm³/mol. The molecular weight excluding hydrogens is 410 g/mol. The summed E-state index contributed by atoms with van der Waals surface area (Å²) in [7, 11) is 1.72. The maximum atomic E-state index is 12.8. The number of benzene rings is 1. The van der Waals surface area contributed by atoms with E-state index < -0.39 is 0 Å². The quantitative estimate of drug-likeness (QED) is 0.665. The van der Waals surface area contributed by atoms with Gasteiger partial charge in [0.1, 0.15) is 10.4 Å². The van der Waals surface area contributed by atoms with Gasteiger partial charge in [0.05, 0.1) is 17.0 Å². The Labute approximate surface area is 176 Å². The zero-order valence-electron chi connectivity index (χ0n) is 16.0. The minimum absolute atomic E-state index is 0.222. The lowest BCUT2D eigenvalue weighted by Gasteiger charge is -2.32. The number of nitrogens with one attached hydrogen (secondary N) is 2. The molecule has 152 valence electrons. The van der Waals surface area contributed by atoms with E-state index in [-0.39, 0.29) is 17.3 Å². The Morgan fingerprint density at radius 3 is 3.03 bits per heavy atom. The average Bonchev–Trinajstić information content (AvgIpc) is 3.30. The highest BCUT2D eigenvalue weighted by Gasteiger charge is 2.40. The number of thiophene rings is 1. The molecule has 2 aliphatic rings. The second kappa shape index (κ2) is 7.31. The summed E-state index contributed by atoms with van der Waals surface area (Å²) in [6.45, 7) is 1.34. The summed E-state index contributed by atoms with van der Waals surface area (Å²) in [5.74, 6) is 1.91. The Morgan fingerprint density at radius 1 is 1.34 bits per heavy atom. The van der Waals surface area contributed by atoms with Crippen LogP contribution in [0.2, 0.25) is 4.34 Å². The van der Waals surface area contributed by atoms with Crippen molar-refractivity contribution >= 4 is 33.2 Å². The molecule has 1 aromatic carbocycles. The number of methoxy groups -OCH3 is 1. The lowest BCUT2D eigenvalue weighted by Crippen LogP contribution is -2.37. The second-order valence-electron chi connectivity index (χ2n) is 7.84. The fraction of sp³-hybridized carbons (Fsp3) is 0.429. The first-order chi connectivity index (χ1) is 14.1. The van der Waals surface area contributed by atoms with E-state index in [1.807, 2.05) is 6.07 Å². The first kappa shape index (κ1) is 18.9. The minimum atomic E-state index is -0.378. The fourth-order valence-corrected chi connectivity index (χ4v) is 6.21. The van der Waals surface area contributed by atoms with Crippen LogP contribution in [0.5, 0.6) is 5.75 Å². The molecule has 3 heterocycles. The third kappa shape index (κ3) is 3.12. The van der Waals surface area contributed by atoms with Crippen molar-refractivity contribution in [1.29, 1.82) is 0 Å². The average molecular weight is 432 g/mol. The number of rotatable bonds is 4. The molecule has 29 heavy (non-hydrogen) atoms. The maximum absolute atomic E-state index is 12.8. The smallest absolute Gasteiger partial charge is 0.328 e. The molecule has 1 aliphatic carbocycles. The van der Waals surface area contributed by atoms with E-state index in [1.54, 1.807) is 13.2 Å². The standard InChI is InChI=1S/C21H22ClN3O3S/c1-28-16-4-2-3-13-12(16)6-5-11-10-23-14(18(11)13)7-8-25-20(26)19-15(24-21(25)27)9-17(22)29-19/h2-4,9,11,14,18,23H,5-8,10H2,1H3,(H,24,27). The molecule has 2 N–H and O–H groups in total. The Balaban J connectivity index is 1.44. The highest BCUT2D eigenvalue weighted by molar-refractivity contribution is 7.22. The summed E-state index contributed by atoms with van der Waals surface area (Å²) in [6, 6.07) is 8.13. The van der Waals surface area contributed by atoms with Crippen LogP contribution in [0.4, 0.5) is 0 Å². The lowest BCUT2D eigenvalue weighted by atomic mass is 9.73. The van der Waals surface area contributed by atoms with Crippen LogP contribution in [0.3, 0.4) is 0 Å². The summed E-state index contributed by atoms with van der Waals surface area (Å²) in [5, 5.41) is 3.64. The summed E-state index contributed by atoms with van der Waals surface area (Å²) < 4.78 is 7.88. The third-order valence-electron chi connectivity index (χ3n) is 6.39. The van der Waals surface area contributed by atoms with Gasteiger partial charge in [0, 0.05) is 18.5 Å². The first-order valence-corrected chi connectivity index (χ1v) is 11.1. The molecule has 0 amide bonds. The van der Waals surface area contributed by atoms with Crippen LogP contribution in [0.15, 0.2) is 33.9 Å². The van der Waals surface area contributed by atoms with Crippen LogP contribution >= 0.6 is 22.9 Å². The number of aromatic nitrogens is 2. The SMILES string of the molecule is COc1cccc2c1CCC1CNC(CCn3c(=O)[nH]c4cc(Cl)sc4c3=O)C21. The van der Waals surface area contributed by atoms with Gasteiger partial charge < -0.3 is 15.0 Å². The molecule has 1 saturated heterocycles. The van der Waals surface area contributed by atoms with Crippen LogP contribution in [0.25, 0.3) is 10.2 Å². The summed E-state index contributed by atoms with van der Waals surface area (Å²) >= 11 is 7.22. The highest BCUT2D eigenvalue weighted by Crippen LogP contribution is 2.45. The van der Waals surface area contributed by atoms with Crippen LogP contribution in [-0.2, 0) is 13.0 Å². The summed E-state index contributed by atoms with van der Waals surface area (Å²) in [4.78, 5) is 28.0. The molecule has 3 unspecified atom stereocenters. The van der Waals surface area contributed by atoms with Crippen LogP contribution in [0, 0.1) is 5.92 Å². The molecule has 0 bridgehead atoms. The largest absolute Gasteiger partial charge is 0.496 e. The number of H-pyrrole nitrogens is 1. The van der Waals surface area contributed by atoms with Gasteiger partial charge in [-0.05, 0) is 55.0 Å². The van der Waals surface area contributed by atoms with E-state index in [2.05, 4.69) is 22.4 Å². The van der Waals surface area contributed by atoms with Crippen molar-refractivity contribution in [3.05, 3.63) is 60.6 Å². The van der Waals surface area contributed by atoms with Crippen LogP contribution in [0.1, 0.15) is 29.9 Å². The number of hydrogen-bond donors (Lipinski definition) is 2. The van der Waals surface area contributed by atoms with Crippen molar-refractivity contribution in [2.75, 3.05) is 13.7 Å². The molecule has 0 radical (unpaired) electrons. The van der Waals surface area contributed by atoms with E-state index in [9.17, 15) is 9.59 Å². The molecule has 0 saturated carbocycles. The molecule has 1 fully saturated rings. The van der Waals surface area contributed by atoms with Crippen molar-refractivity contribution in [2.24, 2.45) is 5.92 Å². The molecule has 0 spiro atoms. The topological polar surface area (TPSA) is 76.1 Å². The van der Waals surface area contributed by atoms with Crippen molar-refractivity contribution in [1.82, 2.24) is 14.9 Å². The van der Waals surface area contributed by atoms with Crippen LogP contribution in [-0.4, -0.2) is 29.2 Å². The number of nitrogens with zero attached hydrogens (tertiary/aromatic N) is 1. The number of hydrogen-bond acceptors (Lipinski definition) is 5. The minimum Gasteiger partial charge on any atom is -0.496 e. The Morgan fingerprint density at radius 2 is 2.21 bits per heavy atom. The molecular formula is C21H22ClN3O3S. The van der Waals surface area contributed by atoms with E-state index in [0.29, 0.717) is 39.4 Å². The Bertz CT molecular complexity index is 1200. The van der Waals surface area contributed by atoms with E-state index in [1.165, 1.54) is 27.0 Å². The van der Waals surface area contributed by atoms with Gasteiger partial charge in [-0.3, -0.25) is 9.36 Å².